The number of pyridine rings is 1. The predicted molar refractivity (Wildman–Crippen MR) is 74.3 cm³/mol. The van der Waals surface area contributed by atoms with Crippen LogP contribution in [0.1, 0.15) is 5.56 Å². The first-order valence-electron chi connectivity index (χ1n) is 5.39. The van der Waals surface area contributed by atoms with Crippen molar-refractivity contribution in [3.05, 3.63) is 24.0 Å². The molecule has 104 valence electrons. The number of hydrogen-bond acceptors (Lipinski definition) is 5. The summed E-state index contributed by atoms with van der Waals surface area (Å²) >= 11 is 0. The molecule has 1 heterocycles. The quantitative estimate of drug-likeness (QED) is 0.683. The van der Waals surface area contributed by atoms with E-state index < -0.39 is 20.8 Å². The minimum Gasteiger partial charge on any atom is -0.320 e. The van der Waals surface area contributed by atoms with Gasteiger partial charge in [0, 0.05) is 47.3 Å². The summed E-state index contributed by atoms with van der Waals surface area (Å²) in [6, 6.07) is 1.42. The highest BCUT2D eigenvalue weighted by Gasteiger charge is 2.14. The molecule has 19 heavy (non-hydrogen) atoms. The summed E-state index contributed by atoms with van der Waals surface area (Å²) in [4.78, 5) is 3.85. The molecule has 0 aliphatic rings. The van der Waals surface area contributed by atoms with E-state index in [0.717, 1.165) is 0 Å². The van der Waals surface area contributed by atoms with E-state index in [9.17, 15) is 12.6 Å². The van der Waals surface area contributed by atoms with Gasteiger partial charge in [-0.25, -0.2) is 13.1 Å². The first-order valence-corrected chi connectivity index (χ1v) is 8.60. The van der Waals surface area contributed by atoms with E-state index in [-0.39, 0.29) is 23.7 Å². The third-order valence-corrected chi connectivity index (χ3v) is 4.25. The number of nitrogens with zero attached hydrogens (tertiary/aromatic N) is 1. The van der Waals surface area contributed by atoms with Crippen molar-refractivity contribution in [2.75, 3.05) is 25.1 Å². The molecule has 3 N–H and O–H groups in total. The molecule has 0 amide bonds. The second kappa shape index (κ2) is 7.35. The van der Waals surface area contributed by atoms with Crippen LogP contribution in [0.25, 0.3) is 0 Å². The fourth-order valence-electron chi connectivity index (χ4n) is 1.19. The van der Waals surface area contributed by atoms with Crippen LogP contribution in [0.3, 0.4) is 0 Å². The topological polar surface area (TPSA) is 102 Å². The normalized spacial score (nSPS) is 12.5. The standard InChI is InChI=1S/C11H15N3O3S2/c1-18(15)6-5-14-19(16,17)11-7-10(3-2-4-12)8-13-9-11/h7-9,14H,4-6,12H2,1H3. The number of nitrogens with two attached hydrogens (primary N) is 1. The largest absolute Gasteiger partial charge is 0.320 e. The van der Waals surface area contributed by atoms with E-state index in [2.05, 4.69) is 21.5 Å². The molecule has 0 saturated carbocycles. The molecule has 1 unspecified atom stereocenters. The average Bonchev–Trinajstić information content (AvgIpc) is 2.36. The molecule has 0 aliphatic carbocycles. The van der Waals surface area contributed by atoms with E-state index in [0.29, 0.717) is 5.56 Å². The summed E-state index contributed by atoms with van der Waals surface area (Å²) in [5, 5.41) is 0. The molecule has 0 radical (unpaired) electrons. The van der Waals surface area contributed by atoms with E-state index in [1.54, 1.807) is 0 Å². The number of sulfonamides is 1. The van der Waals surface area contributed by atoms with Gasteiger partial charge in [-0.1, -0.05) is 11.8 Å². The van der Waals surface area contributed by atoms with Crippen LogP contribution in [0.4, 0.5) is 0 Å². The maximum Gasteiger partial charge on any atom is 0.242 e. The highest BCUT2D eigenvalue weighted by Crippen LogP contribution is 2.08. The Morgan fingerprint density at radius 2 is 2.21 bits per heavy atom. The predicted octanol–water partition coefficient (Wildman–Crippen LogP) is -0.951. The molecule has 0 saturated heterocycles. The van der Waals surface area contributed by atoms with E-state index >= 15 is 0 Å². The Balaban J connectivity index is 2.86. The fraction of sp³-hybridized carbons (Fsp3) is 0.364. The number of aromatic nitrogens is 1. The maximum absolute atomic E-state index is 11.9. The van der Waals surface area contributed by atoms with Gasteiger partial charge in [-0.3, -0.25) is 9.19 Å². The monoisotopic (exact) mass is 301 g/mol. The van der Waals surface area contributed by atoms with Crippen LogP contribution in [0, 0.1) is 11.8 Å². The first-order chi connectivity index (χ1) is 8.95. The van der Waals surface area contributed by atoms with Gasteiger partial charge in [-0.05, 0) is 6.07 Å². The first kappa shape index (κ1) is 15.8. The molecule has 1 atom stereocenters. The lowest BCUT2D eigenvalue weighted by atomic mass is 10.3. The molecular weight excluding hydrogens is 286 g/mol. The van der Waals surface area contributed by atoms with Gasteiger partial charge in [-0.15, -0.1) is 0 Å². The van der Waals surface area contributed by atoms with Crippen LogP contribution in [0.5, 0.6) is 0 Å². The third kappa shape index (κ3) is 5.48. The smallest absolute Gasteiger partial charge is 0.242 e. The summed E-state index contributed by atoms with van der Waals surface area (Å²) in [5.74, 6) is 5.60. The highest BCUT2D eigenvalue weighted by atomic mass is 32.2. The van der Waals surface area contributed by atoms with Gasteiger partial charge in [0.2, 0.25) is 10.0 Å². The molecule has 0 spiro atoms. The molecule has 0 bridgehead atoms. The highest BCUT2D eigenvalue weighted by molar-refractivity contribution is 7.89. The lowest BCUT2D eigenvalue weighted by molar-refractivity contribution is 0.583. The molecule has 0 fully saturated rings. The molecule has 0 aromatic carbocycles. The van der Waals surface area contributed by atoms with Crippen molar-refractivity contribution in [3.8, 4) is 11.8 Å². The summed E-state index contributed by atoms with van der Waals surface area (Å²) in [5.41, 5.74) is 5.72. The number of rotatable bonds is 5. The van der Waals surface area contributed by atoms with Crippen LogP contribution in [-0.2, 0) is 20.8 Å². The van der Waals surface area contributed by atoms with Gasteiger partial charge in [-0.2, -0.15) is 0 Å². The van der Waals surface area contributed by atoms with Gasteiger partial charge < -0.3 is 5.73 Å². The van der Waals surface area contributed by atoms with Crippen molar-refractivity contribution in [1.82, 2.24) is 9.71 Å². The summed E-state index contributed by atoms with van der Waals surface area (Å²) in [6.07, 6.45) is 4.21. The average molecular weight is 301 g/mol. The van der Waals surface area contributed by atoms with Crippen molar-refractivity contribution in [2.45, 2.75) is 4.90 Å². The Morgan fingerprint density at radius 1 is 1.47 bits per heavy atom. The fourth-order valence-corrected chi connectivity index (χ4v) is 2.73. The molecule has 1 rings (SSSR count). The zero-order valence-electron chi connectivity index (χ0n) is 10.4. The second-order valence-corrected chi connectivity index (χ2v) is 6.91. The van der Waals surface area contributed by atoms with Gasteiger partial charge in [0.1, 0.15) is 4.90 Å². The van der Waals surface area contributed by atoms with Crippen LogP contribution in [-0.4, -0.2) is 42.7 Å². The Hall–Kier alpha value is -1.27. The van der Waals surface area contributed by atoms with E-state index in [1.807, 2.05) is 0 Å². The van der Waals surface area contributed by atoms with Gasteiger partial charge >= 0.3 is 0 Å². The molecular formula is C11H15N3O3S2. The molecule has 1 aromatic heterocycles. The Labute approximate surface area is 115 Å². The van der Waals surface area contributed by atoms with E-state index in [1.165, 1.54) is 24.7 Å². The third-order valence-electron chi connectivity index (χ3n) is 2.04. The van der Waals surface area contributed by atoms with Crippen LogP contribution >= 0.6 is 0 Å². The number of nitrogens with one attached hydrogen (secondary N) is 1. The van der Waals surface area contributed by atoms with Crippen molar-refractivity contribution >= 4 is 20.8 Å². The lowest BCUT2D eigenvalue weighted by Gasteiger charge is -2.05. The maximum atomic E-state index is 11.9. The van der Waals surface area contributed by atoms with Gasteiger partial charge in [0.05, 0.1) is 6.54 Å². The summed E-state index contributed by atoms with van der Waals surface area (Å²) in [7, 11) is -4.69. The molecule has 1 aromatic rings. The van der Waals surface area contributed by atoms with Crippen molar-refractivity contribution in [1.29, 1.82) is 0 Å². The zero-order chi connectivity index (χ0) is 14.3. The molecule has 0 aliphatic heterocycles. The SMILES string of the molecule is CS(=O)CCNS(=O)(=O)c1cncc(C#CCN)c1. The summed E-state index contributed by atoms with van der Waals surface area (Å²) in [6.45, 7) is 0.307. The molecule has 6 nitrogen and oxygen atoms in total. The zero-order valence-corrected chi connectivity index (χ0v) is 12.1. The Bertz CT molecular complexity index is 618. The minimum atomic E-state index is -3.65. The van der Waals surface area contributed by atoms with Crippen LogP contribution in [0.15, 0.2) is 23.4 Å². The number of hydrogen-bond donors (Lipinski definition) is 2. The van der Waals surface area contributed by atoms with Crippen molar-refractivity contribution in [2.24, 2.45) is 5.73 Å². The second-order valence-electron chi connectivity index (χ2n) is 3.59. The minimum absolute atomic E-state index is 0.0261. The summed E-state index contributed by atoms with van der Waals surface area (Å²) < 4.78 is 37.1. The Morgan fingerprint density at radius 3 is 2.84 bits per heavy atom. The molecule has 8 heteroatoms. The van der Waals surface area contributed by atoms with Crippen molar-refractivity contribution in [3.63, 3.8) is 0 Å². The lowest BCUT2D eigenvalue weighted by Crippen LogP contribution is -2.27. The van der Waals surface area contributed by atoms with Gasteiger partial charge in [0.15, 0.2) is 0 Å². The Kier molecular flexibility index (Phi) is 6.11. The van der Waals surface area contributed by atoms with Crippen LogP contribution in [0.2, 0.25) is 0 Å². The van der Waals surface area contributed by atoms with Gasteiger partial charge in [0.25, 0.3) is 0 Å². The van der Waals surface area contributed by atoms with Crippen LogP contribution < -0.4 is 10.5 Å². The van der Waals surface area contributed by atoms with E-state index in [4.69, 9.17) is 5.73 Å². The van der Waals surface area contributed by atoms with Crippen molar-refractivity contribution < 1.29 is 12.6 Å².